The third kappa shape index (κ3) is 2.42. The van der Waals surface area contributed by atoms with Crippen LogP contribution in [-0.4, -0.2) is 29.0 Å². The Kier molecular flexibility index (Phi) is 3.77. The Hall–Kier alpha value is -2.47. The first kappa shape index (κ1) is 14.5. The van der Waals surface area contributed by atoms with Crippen molar-refractivity contribution in [1.29, 1.82) is 0 Å². The Morgan fingerprint density at radius 1 is 1.14 bits per heavy atom. The maximum Gasteiger partial charge on any atom is 0.296 e. The predicted molar refractivity (Wildman–Crippen MR) is 82.4 cm³/mol. The third-order valence-corrected chi connectivity index (χ3v) is 4.62. The number of primary amides is 1. The number of fused-ring (bicyclic) bond motifs is 1. The van der Waals surface area contributed by atoms with E-state index in [-0.39, 0.29) is 0 Å². The van der Waals surface area contributed by atoms with Gasteiger partial charge >= 0.3 is 0 Å². The Morgan fingerprint density at radius 2 is 1.91 bits per heavy atom. The highest BCUT2D eigenvalue weighted by Crippen LogP contribution is 2.30. The molecule has 2 aromatic rings. The van der Waals surface area contributed by atoms with Crippen molar-refractivity contribution in [3.8, 4) is 0 Å². The average molecular weight is 314 g/mol. The van der Waals surface area contributed by atoms with Crippen LogP contribution in [-0.2, 0) is 16.0 Å². The van der Waals surface area contributed by atoms with Gasteiger partial charge in [0.1, 0.15) is 6.04 Å². The molecule has 1 unspecified atom stereocenters. The van der Waals surface area contributed by atoms with Gasteiger partial charge in [-0.05, 0) is 29.0 Å². The number of amides is 2. The van der Waals surface area contributed by atoms with E-state index >= 15 is 0 Å². The van der Waals surface area contributed by atoms with Crippen LogP contribution in [0.1, 0.15) is 26.8 Å². The standard InChI is InChI=1S/C16H14N2O3S/c17-15(20)13-11-5-2-1-4-10(11)7-8-18(13)16(21)14(19)12-6-3-9-22-12/h1-6,9,13H,7-8H2,(H2,17,20). The van der Waals surface area contributed by atoms with Gasteiger partial charge in [0.05, 0.1) is 4.88 Å². The number of benzene rings is 1. The summed E-state index contributed by atoms with van der Waals surface area (Å²) < 4.78 is 0. The van der Waals surface area contributed by atoms with Crippen molar-refractivity contribution < 1.29 is 14.4 Å². The van der Waals surface area contributed by atoms with Crippen LogP contribution in [0, 0.1) is 0 Å². The van der Waals surface area contributed by atoms with Crippen LogP contribution in [0.15, 0.2) is 41.8 Å². The highest BCUT2D eigenvalue weighted by Gasteiger charge is 2.37. The molecule has 0 bridgehead atoms. The molecule has 0 saturated heterocycles. The van der Waals surface area contributed by atoms with Crippen molar-refractivity contribution >= 4 is 28.9 Å². The van der Waals surface area contributed by atoms with Crippen LogP contribution in [0.25, 0.3) is 0 Å². The van der Waals surface area contributed by atoms with Crippen molar-refractivity contribution in [2.24, 2.45) is 5.73 Å². The summed E-state index contributed by atoms with van der Waals surface area (Å²) >= 11 is 1.21. The summed E-state index contributed by atoms with van der Waals surface area (Å²) in [6.45, 7) is 0.306. The van der Waals surface area contributed by atoms with Gasteiger partial charge in [-0.15, -0.1) is 11.3 Å². The van der Waals surface area contributed by atoms with E-state index in [1.54, 1.807) is 29.6 Å². The molecule has 1 aliphatic rings. The summed E-state index contributed by atoms with van der Waals surface area (Å²) in [5.41, 5.74) is 7.18. The molecule has 2 amide bonds. The minimum atomic E-state index is -0.888. The molecule has 0 saturated carbocycles. The van der Waals surface area contributed by atoms with Gasteiger partial charge in [-0.1, -0.05) is 30.3 Å². The molecule has 1 aromatic carbocycles. The fourth-order valence-electron chi connectivity index (χ4n) is 2.74. The second-order valence-corrected chi connectivity index (χ2v) is 6.01. The number of hydrogen-bond donors (Lipinski definition) is 1. The summed E-state index contributed by atoms with van der Waals surface area (Å²) in [4.78, 5) is 38.3. The first-order valence-electron chi connectivity index (χ1n) is 6.85. The second-order valence-electron chi connectivity index (χ2n) is 5.06. The summed E-state index contributed by atoms with van der Waals surface area (Å²) in [5, 5.41) is 1.73. The number of thiophene rings is 1. The molecule has 3 rings (SSSR count). The average Bonchev–Trinajstić information content (AvgIpc) is 3.06. The predicted octanol–water partition coefficient (Wildman–Crippen LogP) is 1.54. The highest BCUT2D eigenvalue weighted by molar-refractivity contribution is 7.13. The Bertz CT molecular complexity index is 740. The van der Waals surface area contributed by atoms with E-state index in [1.807, 2.05) is 12.1 Å². The molecule has 1 aromatic heterocycles. The number of carbonyl (C=O) groups excluding carboxylic acids is 3. The molecule has 1 aliphatic heterocycles. The number of carbonyl (C=O) groups is 3. The van der Waals surface area contributed by atoms with Crippen molar-refractivity contribution in [2.45, 2.75) is 12.5 Å². The first-order chi connectivity index (χ1) is 10.6. The molecule has 2 heterocycles. The molecule has 0 aliphatic carbocycles. The quantitative estimate of drug-likeness (QED) is 0.689. The van der Waals surface area contributed by atoms with Crippen molar-refractivity contribution in [3.05, 3.63) is 57.8 Å². The number of nitrogens with two attached hydrogens (primary N) is 1. The van der Waals surface area contributed by atoms with Gasteiger partial charge in [-0.3, -0.25) is 14.4 Å². The molecule has 5 nitrogen and oxygen atoms in total. The fraction of sp³-hybridized carbons (Fsp3) is 0.188. The zero-order chi connectivity index (χ0) is 15.7. The third-order valence-electron chi connectivity index (χ3n) is 3.75. The van der Waals surface area contributed by atoms with Crippen LogP contribution in [0.4, 0.5) is 0 Å². The fourth-order valence-corrected chi connectivity index (χ4v) is 3.39. The Balaban J connectivity index is 1.95. The lowest BCUT2D eigenvalue weighted by Gasteiger charge is -2.34. The Morgan fingerprint density at radius 3 is 2.59 bits per heavy atom. The summed E-state index contributed by atoms with van der Waals surface area (Å²) in [6, 6.07) is 9.79. The van der Waals surface area contributed by atoms with Crippen molar-refractivity contribution in [2.75, 3.05) is 6.54 Å². The van der Waals surface area contributed by atoms with E-state index in [0.717, 1.165) is 5.56 Å². The monoisotopic (exact) mass is 314 g/mol. The molecular weight excluding hydrogens is 300 g/mol. The van der Waals surface area contributed by atoms with Gasteiger partial charge < -0.3 is 10.6 Å². The van der Waals surface area contributed by atoms with Crippen LogP contribution in [0.2, 0.25) is 0 Å². The summed E-state index contributed by atoms with van der Waals surface area (Å²) in [7, 11) is 0. The maximum atomic E-state index is 12.5. The maximum absolute atomic E-state index is 12.5. The van der Waals surface area contributed by atoms with E-state index in [4.69, 9.17) is 5.73 Å². The van der Waals surface area contributed by atoms with Crippen LogP contribution in [0.3, 0.4) is 0 Å². The van der Waals surface area contributed by atoms with E-state index in [0.29, 0.717) is 23.4 Å². The molecule has 6 heteroatoms. The largest absolute Gasteiger partial charge is 0.368 e. The lowest BCUT2D eigenvalue weighted by molar-refractivity contribution is -0.136. The molecule has 1 atom stereocenters. The zero-order valence-electron chi connectivity index (χ0n) is 11.7. The SMILES string of the molecule is NC(=O)C1c2ccccc2CCN1C(=O)C(=O)c1cccs1. The molecule has 0 spiro atoms. The highest BCUT2D eigenvalue weighted by atomic mass is 32.1. The zero-order valence-corrected chi connectivity index (χ0v) is 12.5. The lowest BCUT2D eigenvalue weighted by atomic mass is 9.92. The number of hydrogen-bond acceptors (Lipinski definition) is 4. The van der Waals surface area contributed by atoms with Crippen molar-refractivity contribution in [3.63, 3.8) is 0 Å². The van der Waals surface area contributed by atoms with Gasteiger partial charge in [-0.2, -0.15) is 0 Å². The molecule has 22 heavy (non-hydrogen) atoms. The van der Waals surface area contributed by atoms with Crippen LogP contribution >= 0.6 is 11.3 Å². The summed E-state index contributed by atoms with van der Waals surface area (Å²) in [5.74, 6) is -1.90. The van der Waals surface area contributed by atoms with Gasteiger partial charge in [0.25, 0.3) is 11.7 Å². The normalized spacial score (nSPS) is 16.9. The molecule has 0 radical (unpaired) electrons. The number of Topliss-reactive ketones (excluding diaryl/α,β-unsaturated/α-hetero) is 1. The van der Waals surface area contributed by atoms with Crippen LogP contribution < -0.4 is 5.73 Å². The number of rotatable bonds is 3. The number of nitrogens with zero attached hydrogens (tertiary/aromatic N) is 1. The minimum Gasteiger partial charge on any atom is -0.368 e. The molecule has 2 N–H and O–H groups in total. The first-order valence-corrected chi connectivity index (χ1v) is 7.73. The van der Waals surface area contributed by atoms with Gasteiger partial charge in [0.15, 0.2) is 0 Å². The Labute approximate surface area is 131 Å². The summed E-state index contributed by atoms with van der Waals surface area (Å²) in [6.07, 6.45) is 0.601. The van der Waals surface area contributed by atoms with Gasteiger partial charge in [0.2, 0.25) is 5.91 Å². The van der Waals surface area contributed by atoms with Gasteiger partial charge in [-0.25, -0.2) is 0 Å². The topological polar surface area (TPSA) is 80.5 Å². The van der Waals surface area contributed by atoms with Gasteiger partial charge in [0, 0.05) is 6.54 Å². The van der Waals surface area contributed by atoms with Crippen molar-refractivity contribution in [1.82, 2.24) is 4.90 Å². The van der Waals surface area contributed by atoms with E-state index in [2.05, 4.69) is 0 Å². The number of ketones is 1. The molecule has 112 valence electrons. The smallest absolute Gasteiger partial charge is 0.296 e. The minimum absolute atomic E-state index is 0.306. The van der Waals surface area contributed by atoms with E-state index in [9.17, 15) is 14.4 Å². The molecule has 0 fully saturated rings. The second kappa shape index (κ2) is 5.73. The lowest BCUT2D eigenvalue weighted by Crippen LogP contribution is -2.48. The van der Waals surface area contributed by atoms with Crippen LogP contribution in [0.5, 0.6) is 0 Å². The molecular formula is C16H14N2O3S. The van der Waals surface area contributed by atoms with E-state index < -0.39 is 23.6 Å². The van der Waals surface area contributed by atoms with E-state index in [1.165, 1.54) is 16.2 Å².